The molecule has 40 valence electrons. The van der Waals surface area contributed by atoms with Gasteiger partial charge in [-0.2, -0.15) is 8.42 Å². The standard InChI is InChI=1S/Cl2O2S.HI/c1-5(2,3)4;/h;1H. The Kier molecular flexibility index (Phi) is 5.63. The van der Waals surface area contributed by atoms with Gasteiger partial charge in [0.1, 0.15) is 0 Å². The van der Waals surface area contributed by atoms with E-state index in [1.54, 1.807) is 0 Å². The minimum Gasteiger partial charge on any atom is -0.195 e. The van der Waals surface area contributed by atoms with Gasteiger partial charge < -0.3 is 0 Å². The fourth-order valence-electron chi connectivity index (χ4n) is 0. The molecule has 0 spiro atoms. The van der Waals surface area contributed by atoms with E-state index in [4.69, 9.17) is 8.42 Å². The van der Waals surface area contributed by atoms with Crippen molar-refractivity contribution in [3.05, 3.63) is 0 Å². The molecule has 0 aromatic heterocycles. The van der Waals surface area contributed by atoms with Crippen molar-refractivity contribution < 1.29 is 8.42 Å². The van der Waals surface area contributed by atoms with E-state index >= 15 is 0 Å². The molecular weight excluding hydrogens is 262 g/mol. The molecule has 2 nitrogen and oxygen atoms in total. The first-order chi connectivity index (χ1) is 2.00. The third kappa shape index (κ3) is 60.1. The summed E-state index contributed by atoms with van der Waals surface area (Å²) in [7, 11) is 4.81. The topological polar surface area (TPSA) is 34.1 Å². The Morgan fingerprint density at radius 2 is 1.17 bits per heavy atom. The lowest BCUT2D eigenvalue weighted by Gasteiger charge is -1.61. The van der Waals surface area contributed by atoms with Crippen molar-refractivity contribution in [2.24, 2.45) is 0 Å². The summed E-state index contributed by atoms with van der Waals surface area (Å²) in [5, 5.41) is 0. The second-order valence-electron chi connectivity index (χ2n) is 0.378. The molecule has 0 rings (SSSR count). The van der Waals surface area contributed by atoms with E-state index in [-0.39, 0.29) is 24.0 Å². The molecule has 0 aliphatic heterocycles. The van der Waals surface area contributed by atoms with E-state index < -0.39 is 8.26 Å². The molecular formula is HCl2IO2S. The van der Waals surface area contributed by atoms with Crippen LogP contribution in [0, 0.1) is 0 Å². The third-order valence-corrected chi connectivity index (χ3v) is 0. The largest absolute Gasteiger partial charge is 0.317 e. The SMILES string of the molecule is I.O=S(=O)(Cl)Cl. The van der Waals surface area contributed by atoms with Gasteiger partial charge in [0.25, 0.3) is 0 Å². The van der Waals surface area contributed by atoms with E-state index in [0.29, 0.717) is 0 Å². The molecule has 0 aliphatic rings. The van der Waals surface area contributed by atoms with Crippen molar-refractivity contribution in [3.8, 4) is 0 Å². The van der Waals surface area contributed by atoms with Crippen LogP contribution in [0.25, 0.3) is 0 Å². The zero-order valence-electron chi connectivity index (χ0n) is 2.39. The molecule has 0 radical (unpaired) electrons. The minimum atomic E-state index is -3.72. The van der Waals surface area contributed by atoms with Crippen LogP contribution in [0.5, 0.6) is 0 Å². The zero-order valence-corrected chi connectivity index (χ0v) is 7.05. The molecule has 6 heteroatoms. The highest BCUT2D eigenvalue weighted by molar-refractivity contribution is 14.0. The number of halogens is 3. The van der Waals surface area contributed by atoms with Crippen molar-refractivity contribution >= 4 is 53.6 Å². The fourth-order valence-corrected chi connectivity index (χ4v) is 0. The Morgan fingerprint density at radius 1 is 1.17 bits per heavy atom. The number of hydrogen-bond donors (Lipinski definition) is 0. The Balaban J connectivity index is 0. The molecule has 0 saturated heterocycles. The Morgan fingerprint density at radius 3 is 1.17 bits per heavy atom. The minimum absolute atomic E-state index is 0. The van der Waals surface area contributed by atoms with E-state index in [2.05, 4.69) is 21.4 Å². The van der Waals surface area contributed by atoms with Crippen LogP contribution in [0.1, 0.15) is 0 Å². The lowest BCUT2D eigenvalue weighted by atomic mass is 15.9. The summed E-state index contributed by atoms with van der Waals surface area (Å²) in [4.78, 5) is 0. The summed E-state index contributed by atoms with van der Waals surface area (Å²) in [6, 6.07) is 0. The van der Waals surface area contributed by atoms with E-state index in [1.165, 1.54) is 0 Å². The third-order valence-electron chi connectivity index (χ3n) is 0. The molecule has 0 heterocycles. The van der Waals surface area contributed by atoms with Crippen LogP contribution in [-0.4, -0.2) is 8.42 Å². The average molecular weight is 263 g/mol. The Bertz CT molecular complexity index is 94.7. The van der Waals surface area contributed by atoms with Crippen LogP contribution in [0.4, 0.5) is 0 Å². The molecule has 6 heavy (non-hydrogen) atoms. The molecule has 0 aromatic carbocycles. The van der Waals surface area contributed by atoms with E-state index in [9.17, 15) is 0 Å². The van der Waals surface area contributed by atoms with E-state index in [1.807, 2.05) is 0 Å². The molecule has 0 unspecified atom stereocenters. The highest BCUT2D eigenvalue weighted by Gasteiger charge is 1.88. The second kappa shape index (κ2) is 3.29. The fraction of sp³-hybridized carbons (Fsp3) is 0. The van der Waals surface area contributed by atoms with Gasteiger partial charge in [-0.05, 0) is 0 Å². The van der Waals surface area contributed by atoms with Gasteiger partial charge in [-0.15, -0.1) is 24.0 Å². The predicted octanol–water partition coefficient (Wildman–Crippen LogP) is 1.33. The lowest BCUT2D eigenvalue weighted by Crippen LogP contribution is -1.63. The Labute approximate surface area is 61.8 Å². The molecule has 0 N–H and O–H groups in total. The van der Waals surface area contributed by atoms with Crippen molar-refractivity contribution in [2.45, 2.75) is 0 Å². The highest BCUT2D eigenvalue weighted by Crippen LogP contribution is 1.98. The van der Waals surface area contributed by atoms with E-state index in [0.717, 1.165) is 0 Å². The van der Waals surface area contributed by atoms with Crippen LogP contribution in [0.3, 0.4) is 0 Å². The summed E-state index contributed by atoms with van der Waals surface area (Å²) in [6.07, 6.45) is 0. The van der Waals surface area contributed by atoms with Crippen molar-refractivity contribution in [1.82, 2.24) is 0 Å². The maximum atomic E-state index is 9.16. The van der Waals surface area contributed by atoms with Gasteiger partial charge >= 0.3 is 8.26 Å². The molecule has 0 saturated carbocycles. The molecule has 0 aromatic rings. The maximum Gasteiger partial charge on any atom is 0.317 e. The first kappa shape index (κ1) is 10.3. The van der Waals surface area contributed by atoms with Gasteiger partial charge in [-0.3, -0.25) is 0 Å². The summed E-state index contributed by atoms with van der Waals surface area (Å²) in [5.41, 5.74) is 0. The van der Waals surface area contributed by atoms with Gasteiger partial charge in [0.2, 0.25) is 0 Å². The predicted molar refractivity (Wildman–Crippen MR) is 36.0 cm³/mol. The van der Waals surface area contributed by atoms with Gasteiger partial charge in [0.05, 0.1) is 0 Å². The van der Waals surface area contributed by atoms with Crippen LogP contribution in [0.15, 0.2) is 0 Å². The Hall–Kier alpha value is 1.26. The first-order valence-electron chi connectivity index (χ1n) is 0.642. The second-order valence-corrected chi connectivity index (χ2v) is 4.05. The monoisotopic (exact) mass is 262 g/mol. The van der Waals surface area contributed by atoms with Gasteiger partial charge in [0.15, 0.2) is 0 Å². The normalized spacial score (nSPS) is 9.67. The van der Waals surface area contributed by atoms with Gasteiger partial charge in [0, 0.05) is 21.4 Å². The lowest BCUT2D eigenvalue weighted by molar-refractivity contribution is 0.621. The van der Waals surface area contributed by atoms with Crippen LogP contribution in [0.2, 0.25) is 0 Å². The molecule has 0 amide bonds. The smallest absolute Gasteiger partial charge is 0.195 e. The summed E-state index contributed by atoms with van der Waals surface area (Å²) < 4.78 is 18.3. The first-order valence-corrected chi connectivity index (χ1v) is 3.78. The quantitative estimate of drug-likeness (QED) is 0.488. The molecule has 0 atom stereocenters. The zero-order chi connectivity index (χ0) is 4.50. The summed E-state index contributed by atoms with van der Waals surface area (Å²) in [5.74, 6) is 0. The van der Waals surface area contributed by atoms with Crippen molar-refractivity contribution in [3.63, 3.8) is 0 Å². The maximum absolute atomic E-state index is 9.16. The van der Waals surface area contributed by atoms with Crippen molar-refractivity contribution in [1.29, 1.82) is 0 Å². The van der Waals surface area contributed by atoms with Crippen LogP contribution in [-0.2, 0) is 8.26 Å². The summed E-state index contributed by atoms with van der Waals surface area (Å²) >= 11 is 0. The average Bonchev–Trinajstić information content (AvgIpc) is 0.722. The number of rotatable bonds is 0. The van der Waals surface area contributed by atoms with Gasteiger partial charge in [-0.1, -0.05) is 0 Å². The van der Waals surface area contributed by atoms with Crippen LogP contribution >= 0.6 is 45.3 Å². The van der Waals surface area contributed by atoms with Crippen molar-refractivity contribution in [2.75, 3.05) is 0 Å². The molecule has 0 aliphatic carbocycles. The van der Waals surface area contributed by atoms with Crippen LogP contribution < -0.4 is 0 Å². The van der Waals surface area contributed by atoms with Gasteiger partial charge in [-0.25, -0.2) is 0 Å². The molecule has 0 fully saturated rings. The summed E-state index contributed by atoms with van der Waals surface area (Å²) in [6.45, 7) is 0. The number of hydrogen-bond acceptors (Lipinski definition) is 2. The highest BCUT2D eigenvalue weighted by atomic mass is 127. The molecule has 0 bridgehead atoms.